The lowest BCUT2D eigenvalue weighted by molar-refractivity contribution is -1.20. The predicted octanol–water partition coefficient (Wildman–Crippen LogP) is 6.82. The molecule has 0 amide bonds. The minimum absolute atomic E-state index is 0.102. The Kier molecular flexibility index (Phi) is 9.16. The standard InChI is InChI=1S/C29H36FN3O6/c1-7-23(19-9-10-20(25(15-19)38-5)18-11-13-29(3,4)14-12-18)31-27(8-2)33(36,37)32-24-17-22(30)21(28(34)35)16-26(24)39-6/h8-11,15-17,32,36-37H,7,12-14H2,1-6H3/p+1/b27-8+,31-23+. The molecule has 1 aliphatic carbocycles. The van der Waals surface area contributed by atoms with Crippen molar-refractivity contribution in [2.75, 3.05) is 19.6 Å². The predicted molar refractivity (Wildman–Crippen MR) is 147 cm³/mol. The number of carbonyl (C=O) groups is 1. The molecule has 0 atom stereocenters. The largest absolute Gasteiger partial charge is 0.496 e. The van der Waals surface area contributed by atoms with Gasteiger partial charge in [-0.2, -0.15) is 10.4 Å². The van der Waals surface area contributed by atoms with E-state index < -0.39 is 22.3 Å². The fourth-order valence-corrected chi connectivity index (χ4v) is 4.46. The first-order chi connectivity index (χ1) is 18.4. The van der Waals surface area contributed by atoms with Gasteiger partial charge in [0.2, 0.25) is 0 Å². The molecule has 0 aliphatic heterocycles. The Morgan fingerprint density at radius 3 is 2.41 bits per heavy atom. The molecule has 9 nitrogen and oxygen atoms in total. The summed E-state index contributed by atoms with van der Waals surface area (Å²) in [5.41, 5.74) is 5.37. The Balaban J connectivity index is 1.94. The first-order valence-corrected chi connectivity index (χ1v) is 12.7. The number of hydrogen-bond donors (Lipinski definition) is 4. The van der Waals surface area contributed by atoms with Crippen LogP contribution in [0.3, 0.4) is 0 Å². The number of benzene rings is 2. The van der Waals surface area contributed by atoms with Crippen LogP contribution in [0.15, 0.2) is 53.3 Å². The SMILES string of the molecule is C/C=C(\N=C(/CC)c1ccc(C2=CCC(C)(C)CC2)c(OC)c1)[N+](O)(O)Nc1cc(F)c(C(=O)O)cc1OC. The van der Waals surface area contributed by atoms with Gasteiger partial charge in [0.15, 0.2) is 0 Å². The summed E-state index contributed by atoms with van der Waals surface area (Å²) in [6.07, 6.45) is 7.15. The molecule has 2 aromatic rings. The van der Waals surface area contributed by atoms with E-state index in [4.69, 9.17) is 14.6 Å². The molecule has 39 heavy (non-hydrogen) atoms. The van der Waals surface area contributed by atoms with Crippen LogP contribution in [0.4, 0.5) is 10.1 Å². The first-order valence-electron chi connectivity index (χ1n) is 12.7. The van der Waals surface area contributed by atoms with E-state index in [1.165, 1.54) is 18.8 Å². The fraction of sp³-hybridized carbons (Fsp3) is 0.379. The molecule has 0 unspecified atom stereocenters. The van der Waals surface area contributed by atoms with Crippen LogP contribution in [-0.4, -0.2) is 46.3 Å². The lowest BCUT2D eigenvalue weighted by Gasteiger charge is -2.29. The van der Waals surface area contributed by atoms with Gasteiger partial charge in [-0.15, -0.1) is 10.4 Å². The smallest absolute Gasteiger partial charge is 0.338 e. The number of methoxy groups -OCH3 is 2. The molecule has 0 radical (unpaired) electrons. The summed E-state index contributed by atoms with van der Waals surface area (Å²) in [6.45, 7) is 7.98. The maximum absolute atomic E-state index is 14.3. The average Bonchev–Trinajstić information content (AvgIpc) is 2.88. The molecule has 0 spiro atoms. The number of carboxylic acid groups (broad SMARTS) is 1. The molecule has 210 valence electrons. The number of nitrogens with zero attached hydrogens (tertiary/aromatic N) is 2. The van der Waals surface area contributed by atoms with Crippen molar-refractivity contribution >= 4 is 22.9 Å². The summed E-state index contributed by atoms with van der Waals surface area (Å²) in [5, 5.41) is 30.9. The van der Waals surface area contributed by atoms with Crippen molar-refractivity contribution in [2.45, 2.75) is 53.4 Å². The van der Waals surface area contributed by atoms with E-state index >= 15 is 0 Å². The number of halogens is 1. The second-order valence-electron chi connectivity index (χ2n) is 10.1. The van der Waals surface area contributed by atoms with Gasteiger partial charge in [0.05, 0.1) is 30.4 Å². The van der Waals surface area contributed by atoms with Gasteiger partial charge in [-0.05, 0) is 61.3 Å². The van der Waals surface area contributed by atoms with Crippen LogP contribution in [-0.2, 0) is 0 Å². The van der Waals surface area contributed by atoms with Crippen molar-refractivity contribution in [3.63, 3.8) is 0 Å². The van der Waals surface area contributed by atoms with Gasteiger partial charge in [0.1, 0.15) is 23.0 Å². The molecule has 4 N–H and O–H groups in total. The number of anilines is 1. The van der Waals surface area contributed by atoms with E-state index in [9.17, 15) is 19.6 Å². The third-order valence-electron chi connectivity index (χ3n) is 6.81. The minimum atomic E-state index is -1.94. The number of nitrogens with one attached hydrogen (secondary N) is 1. The Morgan fingerprint density at radius 2 is 1.87 bits per heavy atom. The van der Waals surface area contributed by atoms with E-state index in [2.05, 4.69) is 30.3 Å². The number of hydrogen-bond acceptors (Lipinski definition) is 7. The molecule has 0 saturated carbocycles. The number of ether oxygens (including phenoxy) is 2. The highest BCUT2D eigenvalue weighted by Gasteiger charge is 2.33. The van der Waals surface area contributed by atoms with Crippen molar-refractivity contribution in [1.29, 1.82) is 0 Å². The van der Waals surface area contributed by atoms with Crippen LogP contribution < -0.4 is 14.9 Å². The number of quaternary nitrogens is 1. The van der Waals surface area contributed by atoms with Gasteiger partial charge in [-0.25, -0.2) is 9.18 Å². The van der Waals surface area contributed by atoms with Crippen molar-refractivity contribution < 1.29 is 39.1 Å². The molecule has 0 heterocycles. The second-order valence-corrected chi connectivity index (χ2v) is 10.1. The van der Waals surface area contributed by atoms with Crippen molar-refractivity contribution in [3.05, 3.63) is 70.8 Å². The molecule has 0 saturated heterocycles. The van der Waals surface area contributed by atoms with Gasteiger partial charge >= 0.3 is 11.8 Å². The van der Waals surface area contributed by atoms with Crippen LogP contribution in [0.2, 0.25) is 0 Å². The lowest BCUT2D eigenvalue weighted by atomic mass is 9.77. The fourth-order valence-electron chi connectivity index (χ4n) is 4.46. The summed E-state index contributed by atoms with van der Waals surface area (Å²) in [6, 6.07) is 7.56. The van der Waals surface area contributed by atoms with Gasteiger partial charge in [-0.3, -0.25) is 0 Å². The highest BCUT2D eigenvalue weighted by molar-refractivity contribution is 6.01. The average molecular weight is 543 g/mol. The highest BCUT2D eigenvalue weighted by Crippen LogP contribution is 2.40. The summed E-state index contributed by atoms with van der Waals surface area (Å²) >= 11 is 0. The quantitative estimate of drug-likeness (QED) is 0.148. The number of allylic oxidation sites excluding steroid dienone is 3. The van der Waals surface area contributed by atoms with E-state index in [1.54, 1.807) is 14.0 Å². The Labute approximate surface area is 228 Å². The molecule has 0 aromatic heterocycles. The number of aliphatic imine (C=N–C) groups is 1. The third-order valence-corrected chi connectivity index (χ3v) is 6.81. The topological polar surface area (TPSA) is 121 Å². The highest BCUT2D eigenvalue weighted by atomic mass is 19.1. The van der Waals surface area contributed by atoms with Gasteiger partial charge < -0.3 is 14.6 Å². The summed E-state index contributed by atoms with van der Waals surface area (Å²) in [5.74, 6) is -2.17. The molecule has 2 aromatic carbocycles. The van der Waals surface area contributed by atoms with E-state index in [0.717, 1.165) is 42.5 Å². The normalized spacial score (nSPS) is 16.0. The zero-order valence-corrected chi connectivity index (χ0v) is 23.2. The van der Waals surface area contributed by atoms with Crippen LogP contribution in [0.1, 0.15) is 74.9 Å². The number of aromatic carboxylic acids is 1. The monoisotopic (exact) mass is 542 g/mol. The van der Waals surface area contributed by atoms with Crippen LogP contribution in [0.5, 0.6) is 11.5 Å². The maximum Gasteiger partial charge on any atom is 0.338 e. The molecule has 10 heteroatoms. The Bertz CT molecular complexity index is 1330. The van der Waals surface area contributed by atoms with E-state index in [1.807, 2.05) is 25.1 Å². The zero-order chi connectivity index (χ0) is 29.0. The van der Waals surface area contributed by atoms with Crippen molar-refractivity contribution in [3.8, 4) is 11.5 Å². The van der Waals surface area contributed by atoms with Crippen LogP contribution in [0.25, 0.3) is 5.57 Å². The van der Waals surface area contributed by atoms with Crippen LogP contribution in [0, 0.1) is 11.2 Å². The number of carboxylic acids is 1. The summed E-state index contributed by atoms with van der Waals surface area (Å²) in [4.78, 5) is 13.8. The first kappa shape index (κ1) is 29.8. The Hall–Kier alpha value is -3.73. The van der Waals surface area contributed by atoms with Crippen LogP contribution >= 0.6 is 0 Å². The number of rotatable bonds is 10. The van der Waals surface area contributed by atoms with Crippen molar-refractivity contribution in [2.24, 2.45) is 10.4 Å². The molecule has 1 aliphatic rings. The Morgan fingerprint density at radius 1 is 1.18 bits per heavy atom. The summed E-state index contributed by atoms with van der Waals surface area (Å²) < 4.78 is 25.2. The molecule has 0 fully saturated rings. The molecular formula is C29H37FN3O6+. The number of hydroxylamine groups is 2. The minimum Gasteiger partial charge on any atom is -0.496 e. The van der Waals surface area contributed by atoms with E-state index in [0.29, 0.717) is 17.9 Å². The molecule has 3 rings (SSSR count). The molecular weight excluding hydrogens is 505 g/mol. The van der Waals surface area contributed by atoms with Gasteiger partial charge in [0.25, 0.3) is 0 Å². The van der Waals surface area contributed by atoms with Crippen molar-refractivity contribution in [1.82, 2.24) is 0 Å². The van der Waals surface area contributed by atoms with Gasteiger partial charge in [-0.1, -0.05) is 39.0 Å². The van der Waals surface area contributed by atoms with E-state index in [-0.39, 0.29) is 22.7 Å². The maximum atomic E-state index is 14.3. The summed E-state index contributed by atoms with van der Waals surface area (Å²) in [7, 11) is 2.87. The zero-order valence-electron chi connectivity index (χ0n) is 23.2. The molecule has 0 bridgehead atoms. The third kappa shape index (κ3) is 6.83. The van der Waals surface area contributed by atoms with Gasteiger partial charge in [0, 0.05) is 17.7 Å². The lowest BCUT2D eigenvalue weighted by Crippen LogP contribution is -2.45. The second kappa shape index (κ2) is 12.0.